The molecule has 232 valence electrons. The van der Waals surface area contributed by atoms with E-state index < -0.39 is 18.3 Å². The SMILES string of the molecule is CC1(C)OB(c2cccc3oc4ccc(-c5cccc6oc7ccc(-c8nc9cc%10ccccc%10cc9s8)cc7c56)cc4c23)OC1(C)C. The van der Waals surface area contributed by atoms with E-state index in [9.17, 15) is 0 Å². The van der Waals surface area contributed by atoms with E-state index in [4.69, 9.17) is 23.1 Å². The molecule has 1 aliphatic rings. The van der Waals surface area contributed by atoms with E-state index in [1.165, 1.54) is 15.5 Å². The molecule has 0 aliphatic carbocycles. The van der Waals surface area contributed by atoms with Crippen LogP contribution in [0.5, 0.6) is 0 Å². The summed E-state index contributed by atoms with van der Waals surface area (Å²) in [7, 11) is -0.497. The molecule has 9 aromatic rings. The van der Waals surface area contributed by atoms with E-state index in [1.54, 1.807) is 11.3 Å². The van der Waals surface area contributed by atoms with Gasteiger partial charge in [0.15, 0.2) is 0 Å². The lowest BCUT2D eigenvalue weighted by molar-refractivity contribution is 0.00578. The molecule has 0 radical (unpaired) electrons. The topological polar surface area (TPSA) is 57.6 Å². The molecule has 0 N–H and O–H groups in total. The Balaban J connectivity index is 1.13. The quantitative estimate of drug-likeness (QED) is 0.179. The van der Waals surface area contributed by atoms with Crippen LogP contribution in [0.25, 0.3) is 86.6 Å². The highest BCUT2D eigenvalue weighted by Gasteiger charge is 2.52. The molecule has 0 atom stereocenters. The molecule has 1 fully saturated rings. The fraction of sp³-hybridized carbons (Fsp3) is 0.146. The highest BCUT2D eigenvalue weighted by atomic mass is 32.1. The van der Waals surface area contributed by atoms with Crippen molar-refractivity contribution < 1.29 is 18.1 Å². The first-order valence-corrected chi connectivity index (χ1v) is 17.1. The lowest BCUT2D eigenvalue weighted by Gasteiger charge is -2.32. The van der Waals surface area contributed by atoms with Gasteiger partial charge < -0.3 is 18.1 Å². The van der Waals surface area contributed by atoms with Crippen molar-refractivity contribution in [3.05, 3.63) is 109 Å². The Bertz CT molecular complexity index is 2700. The maximum atomic E-state index is 6.49. The van der Waals surface area contributed by atoms with Crippen molar-refractivity contribution in [2.75, 3.05) is 0 Å². The van der Waals surface area contributed by atoms with Crippen molar-refractivity contribution in [1.29, 1.82) is 0 Å². The molecule has 0 bridgehead atoms. The molecule has 7 heteroatoms. The Morgan fingerprint density at radius 1 is 0.583 bits per heavy atom. The Hall–Kier alpha value is -4.95. The summed E-state index contributed by atoms with van der Waals surface area (Å²) in [5, 5.41) is 7.62. The first-order chi connectivity index (χ1) is 23.2. The van der Waals surface area contributed by atoms with Crippen molar-refractivity contribution in [2.24, 2.45) is 0 Å². The van der Waals surface area contributed by atoms with Crippen LogP contribution in [-0.4, -0.2) is 23.3 Å². The molecular weight excluding hydrogens is 613 g/mol. The number of thiazole rings is 1. The van der Waals surface area contributed by atoms with Crippen molar-refractivity contribution in [3.8, 4) is 21.7 Å². The van der Waals surface area contributed by atoms with Gasteiger partial charge in [-0.05, 0) is 110 Å². The average Bonchev–Trinajstić information content (AvgIpc) is 3.82. The van der Waals surface area contributed by atoms with E-state index in [-0.39, 0.29) is 0 Å². The Morgan fingerprint density at radius 3 is 1.96 bits per heavy atom. The average molecular weight is 644 g/mol. The van der Waals surface area contributed by atoms with Gasteiger partial charge in [-0.3, -0.25) is 0 Å². The summed E-state index contributed by atoms with van der Waals surface area (Å²) in [5.74, 6) is 0. The standard InChI is InChI=1S/C41H30BNO4S/c1-40(2)41(3,4)47-42(46-40)30-12-8-14-35-38(30)29-19-25(15-17-33(29)45-35)27-11-7-13-34-37(27)28-20-26(16-18-32(28)44-34)39-43-31-21-23-9-5-6-10-24(23)22-36(31)48-39/h5-22H,1-4H3. The van der Waals surface area contributed by atoms with Crippen LogP contribution < -0.4 is 5.46 Å². The second-order valence-electron chi connectivity index (χ2n) is 13.8. The summed E-state index contributed by atoms with van der Waals surface area (Å²) in [6.45, 7) is 8.33. The Morgan fingerprint density at radius 2 is 1.21 bits per heavy atom. The van der Waals surface area contributed by atoms with Crippen LogP contribution in [0, 0.1) is 0 Å². The number of hydrogen-bond acceptors (Lipinski definition) is 6. The smallest absolute Gasteiger partial charge is 0.456 e. The molecule has 4 heterocycles. The number of benzene rings is 6. The zero-order valence-electron chi connectivity index (χ0n) is 27.0. The van der Waals surface area contributed by atoms with Gasteiger partial charge in [-0.15, -0.1) is 11.3 Å². The zero-order valence-corrected chi connectivity index (χ0v) is 27.8. The van der Waals surface area contributed by atoms with Gasteiger partial charge in [-0.1, -0.05) is 54.6 Å². The lowest BCUT2D eigenvalue weighted by atomic mass is 9.76. The van der Waals surface area contributed by atoms with E-state index in [1.807, 2.05) is 18.2 Å². The fourth-order valence-corrected chi connectivity index (χ4v) is 8.12. The highest BCUT2D eigenvalue weighted by Crippen LogP contribution is 2.42. The summed E-state index contributed by atoms with van der Waals surface area (Å²) in [4.78, 5) is 5.06. The van der Waals surface area contributed by atoms with Gasteiger partial charge in [-0.25, -0.2) is 4.98 Å². The molecule has 48 heavy (non-hydrogen) atoms. The molecule has 0 spiro atoms. The van der Waals surface area contributed by atoms with Crippen LogP contribution >= 0.6 is 11.3 Å². The first-order valence-electron chi connectivity index (χ1n) is 16.3. The number of fused-ring (bicyclic) bond motifs is 8. The molecule has 10 rings (SSSR count). The summed E-state index contributed by atoms with van der Waals surface area (Å²) in [6.07, 6.45) is 0. The molecule has 0 amide bonds. The minimum Gasteiger partial charge on any atom is -0.456 e. The molecule has 0 unspecified atom stereocenters. The highest BCUT2D eigenvalue weighted by molar-refractivity contribution is 7.21. The largest absolute Gasteiger partial charge is 0.495 e. The summed E-state index contributed by atoms with van der Waals surface area (Å²) >= 11 is 1.72. The van der Waals surface area contributed by atoms with E-state index >= 15 is 0 Å². The molecule has 1 aliphatic heterocycles. The number of furan rings is 2. The summed E-state index contributed by atoms with van der Waals surface area (Å²) in [5.41, 5.74) is 7.71. The van der Waals surface area contributed by atoms with Gasteiger partial charge in [0.2, 0.25) is 0 Å². The minimum atomic E-state index is -0.497. The monoisotopic (exact) mass is 643 g/mol. The first kappa shape index (κ1) is 28.1. The molecule has 3 aromatic heterocycles. The molecule has 1 saturated heterocycles. The number of hydrogen-bond donors (Lipinski definition) is 0. The van der Waals surface area contributed by atoms with Crippen molar-refractivity contribution in [3.63, 3.8) is 0 Å². The molecule has 5 nitrogen and oxygen atoms in total. The van der Waals surface area contributed by atoms with Crippen molar-refractivity contribution >= 4 is 88.8 Å². The third-order valence-corrected chi connectivity index (χ3v) is 11.4. The summed E-state index contributed by atoms with van der Waals surface area (Å²) in [6, 6.07) is 38.1. The van der Waals surface area contributed by atoms with Gasteiger partial charge in [0, 0.05) is 27.1 Å². The van der Waals surface area contributed by atoms with Crippen LogP contribution in [0.4, 0.5) is 0 Å². The van der Waals surface area contributed by atoms with Crippen LogP contribution in [0.3, 0.4) is 0 Å². The van der Waals surface area contributed by atoms with Crippen LogP contribution in [0.2, 0.25) is 0 Å². The number of nitrogens with zero attached hydrogens (tertiary/aromatic N) is 1. The fourth-order valence-electron chi connectivity index (χ4n) is 7.12. The van der Waals surface area contributed by atoms with Crippen LogP contribution in [0.1, 0.15) is 27.7 Å². The van der Waals surface area contributed by atoms with E-state index in [2.05, 4.69) is 119 Å². The van der Waals surface area contributed by atoms with Gasteiger partial charge >= 0.3 is 7.12 Å². The minimum absolute atomic E-state index is 0.444. The van der Waals surface area contributed by atoms with Gasteiger partial charge in [0.05, 0.1) is 21.4 Å². The Labute approximate surface area is 280 Å². The predicted molar refractivity (Wildman–Crippen MR) is 198 cm³/mol. The summed E-state index contributed by atoms with van der Waals surface area (Å²) < 4.78 is 27.0. The van der Waals surface area contributed by atoms with Gasteiger partial charge in [-0.2, -0.15) is 0 Å². The number of rotatable bonds is 3. The predicted octanol–water partition coefficient (Wildman–Crippen LogP) is 10.9. The van der Waals surface area contributed by atoms with Crippen LogP contribution in [0.15, 0.2) is 118 Å². The lowest BCUT2D eigenvalue weighted by Crippen LogP contribution is -2.41. The van der Waals surface area contributed by atoms with Gasteiger partial charge in [0.1, 0.15) is 27.3 Å². The van der Waals surface area contributed by atoms with E-state index in [0.29, 0.717) is 0 Å². The molecule has 6 aromatic carbocycles. The van der Waals surface area contributed by atoms with Crippen molar-refractivity contribution in [2.45, 2.75) is 38.9 Å². The number of aromatic nitrogens is 1. The third-order valence-electron chi connectivity index (χ3n) is 10.3. The van der Waals surface area contributed by atoms with E-state index in [0.717, 1.165) is 76.6 Å². The molecule has 0 saturated carbocycles. The Kier molecular flexibility index (Phi) is 5.74. The third kappa shape index (κ3) is 4.08. The zero-order chi connectivity index (χ0) is 32.4. The second kappa shape index (κ2) is 9.80. The second-order valence-corrected chi connectivity index (χ2v) is 14.8. The maximum absolute atomic E-state index is 6.49. The maximum Gasteiger partial charge on any atom is 0.495 e. The normalized spacial score (nSPS) is 16.0. The van der Waals surface area contributed by atoms with Crippen LogP contribution in [-0.2, 0) is 9.31 Å². The van der Waals surface area contributed by atoms with Gasteiger partial charge in [0.25, 0.3) is 0 Å². The van der Waals surface area contributed by atoms with Crippen molar-refractivity contribution in [1.82, 2.24) is 4.98 Å². The molecular formula is C41H30BNO4S.